The highest BCUT2D eigenvalue weighted by molar-refractivity contribution is 6.28. The molecule has 0 spiro atoms. The van der Waals surface area contributed by atoms with Crippen molar-refractivity contribution in [3.63, 3.8) is 0 Å². The minimum atomic E-state index is -0.690. The van der Waals surface area contributed by atoms with Crippen LogP contribution >= 0.6 is 11.6 Å². The first-order valence-electron chi connectivity index (χ1n) is 12.9. The number of fused-ring (bicyclic) bond motifs is 4. The maximum atomic E-state index is 16.0. The molecule has 2 atom stereocenters. The molecule has 2 aliphatic heterocycles. The molecule has 4 heterocycles. The van der Waals surface area contributed by atoms with Crippen molar-refractivity contribution in [3.8, 4) is 11.3 Å². The van der Waals surface area contributed by atoms with Crippen LogP contribution in [0.1, 0.15) is 32.6 Å². The minimum Gasteiger partial charge on any atom is -0.449 e. The molecule has 0 N–H and O–H groups in total. The van der Waals surface area contributed by atoms with Gasteiger partial charge in [0.1, 0.15) is 22.8 Å². The summed E-state index contributed by atoms with van der Waals surface area (Å²) in [7, 11) is 0. The summed E-state index contributed by atoms with van der Waals surface area (Å²) in [4.78, 5) is 29.6. The highest BCUT2D eigenvalue weighted by Crippen LogP contribution is 2.38. The maximum absolute atomic E-state index is 16.0. The Kier molecular flexibility index (Phi) is 6.47. The van der Waals surface area contributed by atoms with E-state index in [1.54, 1.807) is 30.3 Å². The first-order chi connectivity index (χ1) is 18.5. The molecule has 7 nitrogen and oxygen atoms in total. The standard InChI is InChI=1S/C28H26ClF2N5O2/c1-2-3-12-38-28(37)36-17-10-11-18(36)15-35(14-17)26-20-13-32-24(23(31)25(20)33-27(29)34-26)19-8-4-6-16-7-5-9-21(30)22(16)19/h4-9,13,17-18H,2-3,10-12,14-15H2,1H3. The van der Waals surface area contributed by atoms with E-state index in [4.69, 9.17) is 16.3 Å². The van der Waals surface area contributed by atoms with Crippen molar-refractivity contribution in [1.82, 2.24) is 19.9 Å². The minimum absolute atomic E-state index is 0.00590. The fourth-order valence-corrected chi connectivity index (χ4v) is 5.85. The molecule has 4 aromatic rings. The van der Waals surface area contributed by atoms with Crippen molar-refractivity contribution < 1.29 is 18.3 Å². The first-order valence-corrected chi connectivity index (χ1v) is 13.2. The molecule has 2 fully saturated rings. The van der Waals surface area contributed by atoms with Crippen molar-refractivity contribution in [2.24, 2.45) is 0 Å². The van der Waals surface area contributed by atoms with Gasteiger partial charge in [-0.15, -0.1) is 0 Å². The van der Waals surface area contributed by atoms with Crippen LogP contribution in [0.4, 0.5) is 19.4 Å². The molecule has 38 heavy (non-hydrogen) atoms. The van der Waals surface area contributed by atoms with Gasteiger partial charge in [0.15, 0.2) is 5.82 Å². The number of carbonyl (C=O) groups excluding carboxylic acids is 1. The zero-order valence-electron chi connectivity index (χ0n) is 20.8. The Hall–Kier alpha value is -3.59. The van der Waals surface area contributed by atoms with Crippen molar-refractivity contribution >= 4 is 45.2 Å². The second-order valence-electron chi connectivity index (χ2n) is 9.81. The molecule has 2 aromatic carbocycles. The molecule has 2 aliphatic rings. The second kappa shape index (κ2) is 9.94. The fraction of sp³-hybridized carbons (Fsp3) is 0.357. The van der Waals surface area contributed by atoms with E-state index in [9.17, 15) is 9.18 Å². The van der Waals surface area contributed by atoms with Gasteiger partial charge in [-0.3, -0.25) is 9.88 Å². The number of unbranched alkanes of at least 4 members (excludes halogenated alkanes) is 1. The van der Waals surface area contributed by atoms with E-state index < -0.39 is 11.6 Å². The summed E-state index contributed by atoms with van der Waals surface area (Å²) >= 11 is 6.29. The zero-order valence-corrected chi connectivity index (χ0v) is 21.6. The van der Waals surface area contributed by atoms with Crippen LogP contribution in [0, 0.1) is 11.6 Å². The number of anilines is 1. The summed E-state index contributed by atoms with van der Waals surface area (Å²) in [5, 5.41) is 1.25. The maximum Gasteiger partial charge on any atom is 0.410 e. The molecule has 2 aromatic heterocycles. The highest BCUT2D eigenvalue weighted by Gasteiger charge is 2.44. The van der Waals surface area contributed by atoms with Gasteiger partial charge >= 0.3 is 6.09 Å². The Bertz CT molecular complexity index is 1530. The third-order valence-corrected chi connectivity index (χ3v) is 7.63. The van der Waals surface area contributed by atoms with Crippen LogP contribution < -0.4 is 4.90 Å². The first kappa shape index (κ1) is 24.7. The molecule has 2 unspecified atom stereocenters. The van der Waals surface area contributed by atoms with Gasteiger partial charge in [-0.05, 0) is 42.3 Å². The molecule has 196 valence electrons. The number of rotatable bonds is 5. The molecule has 2 bridgehead atoms. The van der Waals surface area contributed by atoms with Crippen molar-refractivity contribution in [1.29, 1.82) is 0 Å². The van der Waals surface area contributed by atoms with E-state index in [1.165, 1.54) is 12.3 Å². The van der Waals surface area contributed by atoms with E-state index in [1.807, 2.05) is 9.80 Å². The topological polar surface area (TPSA) is 71.5 Å². The van der Waals surface area contributed by atoms with Gasteiger partial charge in [0.05, 0.1) is 24.1 Å². The van der Waals surface area contributed by atoms with E-state index >= 15 is 4.39 Å². The average Bonchev–Trinajstić information content (AvgIpc) is 3.18. The normalized spacial score (nSPS) is 18.9. The van der Waals surface area contributed by atoms with Gasteiger partial charge in [0.2, 0.25) is 5.28 Å². The number of piperazine rings is 1. The Morgan fingerprint density at radius 2 is 1.84 bits per heavy atom. The molecule has 10 heteroatoms. The molecular weight excluding hydrogens is 512 g/mol. The van der Waals surface area contributed by atoms with Crippen LogP contribution in [0.2, 0.25) is 5.28 Å². The van der Waals surface area contributed by atoms with Crippen molar-refractivity contribution in [2.75, 3.05) is 24.6 Å². The Morgan fingerprint density at radius 1 is 1.11 bits per heavy atom. The lowest BCUT2D eigenvalue weighted by molar-refractivity contribution is 0.0777. The summed E-state index contributed by atoms with van der Waals surface area (Å²) in [5.74, 6) is -0.676. The van der Waals surface area contributed by atoms with Crippen molar-refractivity contribution in [3.05, 3.63) is 59.5 Å². The van der Waals surface area contributed by atoms with Gasteiger partial charge < -0.3 is 9.64 Å². The predicted molar refractivity (Wildman–Crippen MR) is 142 cm³/mol. The van der Waals surface area contributed by atoms with Crippen LogP contribution in [0.5, 0.6) is 0 Å². The molecule has 0 saturated carbocycles. The number of carbonyl (C=O) groups is 1. The van der Waals surface area contributed by atoms with Crippen molar-refractivity contribution in [2.45, 2.75) is 44.7 Å². The number of hydrogen-bond donors (Lipinski definition) is 0. The zero-order chi connectivity index (χ0) is 26.4. The molecule has 6 rings (SSSR count). The monoisotopic (exact) mass is 537 g/mol. The summed E-state index contributed by atoms with van der Waals surface area (Å²) in [6.45, 7) is 3.49. The Morgan fingerprint density at radius 3 is 2.58 bits per heavy atom. The third kappa shape index (κ3) is 4.18. The summed E-state index contributed by atoms with van der Waals surface area (Å²) in [6.07, 6.45) is 4.73. The number of halogens is 3. The quantitative estimate of drug-likeness (QED) is 0.218. The highest BCUT2D eigenvalue weighted by atomic mass is 35.5. The summed E-state index contributed by atoms with van der Waals surface area (Å²) < 4.78 is 36.2. The number of ether oxygens (including phenoxy) is 1. The average molecular weight is 538 g/mol. The fourth-order valence-electron chi connectivity index (χ4n) is 5.69. The van der Waals surface area contributed by atoms with Crippen LogP contribution in [0.3, 0.4) is 0 Å². The number of aromatic nitrogens is 3. The number of benzene rings is 2. The lowest BCUT2D eigenvalue weighted by Gasteiger charge is -2.41. The van der Waals surface area contributed by atoms with Gasteiger partial charge in [-0.25, -0.2) is 18.6 Å². The number of nitrogens with zero attached hydrogens (tertiary/aromatic N) is 5. The molecule has 0 radical (unpaired) electrons. The number of hydrogen-bond acceptors (Lipinski definition) is 6. The molecule has 0 aliphatic carbocycles. The van der Waals surface area contributed by atoms with Crippen LogP contribution in [0.25, 0.3) is 32.9 Å². The van der Waals surface area contributed by atoms with Gasteiger partial charge in [0.25, 0.3) is 0 Å². The number of amides is 1. The molecular formula is C28H26ClF2N5O2. The molecule has 2 saturated heterocycles. The Balaban J connectivity index is 1.37. The lowest BCUT2D eigenvalue weighted by Crippen LogP contribution is -2.56. The van der Waals surface area contributed by atoms with Gasteiger partial charge in [-0.1, -0.05) is 43.7 Å². The van der Waals surface area contributed by atoms with E-state index in [-0.39, 0.29) is 34.7 Å². The predicted octanol–water partition coefficient (Wildman–Crippen LogP) is 6.37. The smallest absolute Gasteiger partial charge is 0.410 e. The Labute approximate surface area is 223 Å². The van der Waals surface area contributed by atoms with Crippen LogP contribution in [0.15, 0.2) is 42.6 Å². The van der Waals surface area contributed by atoms with Gasteiger partial charge in [0, 0.05) is 30.2 Å². The summed E-state index contributed by atoms with van der Waals surface area (Å²) in [6, 6.07) is 9.80. The van der Waals surface area contributed by atoms with E-state index in [2.05, 4.69) is 21.9 Å². The molecule has 1 amide bonds. The van der Waals surface area contributed by atoms with E-state index in [0.29, 0.717) is 47.2 Å². The van der Waals surface area contributed by atoms with Crippen LogP contribution in [-0.2, 0) is 4.74 Å². The largest absolute Gasteiger partial charge is 0.449 e. The summed E-state index contributed by atoms with van der Waals surface area (Å²) in [5.41, 5.74) is 0.352. The van der Waals surface area contributed by atoms with Gasteiger partial charge in [-0.2, -0.15) is 4.98 Å². The van der Waals surface area contributed by atoms with E-state index in [0.717, 1.165) is 25.7 Å². The SMILES string of the molecule is CCCCOC(=O)N1C2CCC1CN(c1nc(Cl)nc3c(F)c(-c4cccc5cccc(F)c45)ncc13)C2. The third-order valence-electron chi connectivity index (χ3n) is 7.46. The second-order valence-corrected chi connectivity index (χ2v) is 10.1. The van der Waals surface area contributed by atoms with Crippen LogP contribution in [-0.4, -0.2) is 57.7 Å². The number of pyridine rings is 1. The lowest BCUT2D eigenvalue weighted by atomic mass is 10.0.